The minimum absolute atomic E-state index is 0.0530. The zero-order chi connectivity index (χ0) is 19.8. The fourth-order valence-corrected chi connectivity index (χ4v) is 2.77. The van der Waals surface area contributed by atoms with Crippen LogP contribution in [-0.4, -0.2) is 36.8 Å². The number of rotatable bonds is 9. The van der Waals surface area contributed by atoms with Gasteiger partial charge < -0.3 is 19.3 Å². The van der Waals surface area contributed by atoms with Crippen molar-refractivity contribution in [2.24, 2.45) is 0 Å². The number of benzene rings is 2. The predicted octanol–water partition coefficient (Wildman–Crippen LogP) is 3.05. The summed E-state index contributed by atoms with van der Waals surface area (Å²) in [5.74, 6) is 2.34. The van der Waals surface area contributed by atoms with Crippen LogP contribution in [0.15, 0.2) is 53.1 Å². The third-order valence-corrected chi connectivity index (χ3v) is 4.20. The zero-order valence-corrected chi connectivity index (χ0v) is 16.0. The Bertz CT molecular complexity index is 909. The first-order chi connectivity index (χ1) is 13.7. The van der Waals surface area contributed by atoms with Gasteiger partial charge in [0.25, 0.3) is 0 Å². The van der Waals surface area contributed by atoms with Crippen LogP contribution < -0.4 is 14.8 Å². The Hall–Kier alpha value is -3.35. The van der Waals surface area contributed by atoms with Crippen molar-refractivity contribution < 1.29 is 18.8 Å². The number of aromatic nitrogens is 2. The fraction of sp³-hybridized carbons (Fsp3) is 0.286. The average molecular weight is 381 g/mol. The topological polar surface area (TPSA) is 86.5 Å². The third-order valence-electron chi connectivity index (χ3n) is 4.20. The quantitative estimate of drug-likeness (QED) is 0.573. The molecule has 0 bridgehead atoms. The number of carbonyl (C=O) groups excluding carboxylic acids is 1. The van der Waals surface area contributed by atoms with Gasteiger partial charge in [-0.05, 0) is 24.1 Å². The number of amides is 1. The Morgan fingerprint density at radius 1 is 1.07 bits per heavy atom. The van der Waals surface area contributed by atoms with Crippen molar-refractivity contribution in [1.82, 2.24) is 15.5 Å². The molecule has 0 saturated carbocycles. The van der Waals surface area contributed by atoms with Gasteiger partial charge in [0.2, 0.25) is 17.6 Å². The van der Waals surface area contributed by atoms with Crippen LogP contribution in [-0.2, 0) is 17.6 Å². The molecule has 1 N–H and O–H groups in total. The van der Waals surface area contributed by atoms with Gasteiger partial charge in [-0.1, -0.05) is 41.6 Å². The van der Waals surface area contributed by atoms with Crippen molar-refractivity contribution in [3.63, 3.8) is 0 Å². The molecule has 7 heteroatoms. The molecular formula is C21H23N3O4. The van der Waals surface area contributed by atoms with E-state index in [4.69, 9.17) is 14.0 Å². The van der Waals surface area contributed by atoms with Gasteiger partial charge in [0.15, 0.2) is 11.5 Å². The molecule has 146 valence electrons. The molecule has 0 atom stereocenters. The van der Waals surface area contributed by atoms with Crippen molar-refractivity contribution in [3.8, 4) is 22.9 Å². The van der Waals surface area contributed by atoms with Crippen LogP contribution in [0.3, 0.4) is 0 Å². The van der Waals surface area contributed by atoms with Crippen LogP contribution in [0.1, 0.15) is 17.9 Å². The SMILES string of the molecule is COc1ccc(CC(=O)NCCCc2nc(-c3ccccc3)no2)cc1OC. The fourth-order valence-electron chi connectivity index (χ4n) is 2.77. The van der Waals surface area contributed by atoms with Crippen LogP contribution in [0, 0.1) is 0 Å². The van der Waals surface area contributed by atoms with Crippen LogP contribution in [0.4, 0.5) is 0 Å². The molecule has 1 heterocycles. The van der Waals surface area contributed by atoms with E-state index in [2.05, 4.69) is 15.5 Å². The van der Waals surface area contributed by atoms with E-state index in [9.17, 15) is 4.79 Å². The highest BCUT2D eigenvalue weighted by molar-refractivity contribution is 5.78. The molecular weight excluding hydrogens is 358 g/mol. The zero-order valence-electron chi connectivity index (χ0n) is 16.0. The standard InChI is InChI=1S/C21H23N3O4/c1-26-17-11-10-15(13-18(17)27-2)14-19(25)22-12-6-9-20-23-21(24-28-20)16-7-4-3-5-8-16/h3-5,7-8,10-11,13H,6,9,12,14H2,1-2H3,(H,22,25). The van der Waals surface area contributed by atoms with Crippen molar-refractivity contribution in [3.05, 3.63) is 60.0 Å². The molecule has 0 aliphatic heterocycles. The van der Waals surface area contributed by atoms with Gasteiger partial charge >= 0.3 is 0 Å². The number of nitrogens with zero attached hydrogens (tertiary/aromatic N) is 2. The van der Waals surface area contributed by atoms with Crippen LogP contribution in [0.2, 0.25) is 0 Å². The summed E-state index contributed by atoms with van der Waals surface area (Å²) in [7, 11) is 3.15. The van der Waals surface area contributed by atoms with E-state index in [1.165, 1.54) is 0 Å². The Balaban J connectivity index is 1.43. The summed E-state index contributed by atoms with van der Waals surface area (Å²) in [6, 6.07) is 15.1. The van der Waals surface area contributed by atoms with E-state index in [-0.39, 0.29) is 12.3 Å². The Kier molecular flexibility index (Phi) is 6.62. The number of hydrogen-bond acceptors (Lipinski definition) is 6. The maximum Gasteiger partial charge on any atom is 0.227 e. The van der Waals surface area contributed by atoms with Crippen molar-refractivity contribution in [1.29, 1.82) is 0 Å². The number of ether oxygens (including phenoxy) is 2. The van der Waals surface area contributed by atoms with Crippen molar-refractivity contribution in [2.75, 3.05) is 20.8 Å². The summed E-state index contributed by atoms with van der Waals surface area (Å²) in [6.45, 7) is 0.537. The summed E-state index contributed by atoms with van der Waals surface area (Å²) in [4.78, 5) is 16.5. The molecule has 0 aliphatic rings. The second-order valence-electron chi connectivity index (χ2n) is 6.20. The highest BCUT2D eigenvalue weighted by Gasteiger charge is 2.10. The molecule has 0 unspecified atom stereocenters. The van der Waals surface area contributed by atoms with Crippen LogP contribution >= 0.6 is 0 Å². The lowest BCUT2D eigenvalue weighted by molar-refractivity contribution is -0.120. The summed E-state index contributed by atoms with van der Waals surface area (Å²) >= 11 is 0. The first-order valence-electron chi connectivity index (χ1n) is 9.05. The Labute approximate surface area is 163 Å². The maximum absolute atomic E-state index is 12.1. The van der Waals surface area contributed by atoms with Crippen LogP contribution in [0.5, 0.6) is 11.5 Å². The summed E-state index contributed by atoms with van der Waals surface area (Å²) < 4.78 is 15.7. The first-order valence-corrected chi connectivity index (χ1v) is 9.05. The molecule has 0 fully saturated rings. The molecule has 28 heavy (non-hydrogen) atoms. The third kappa shape index (κ3) is 5.09. The lowest BCUT2D eigenvalue weighted by Gasteiger charge is -2.09. The van der Waals surface area contributed by atoms with Crippen molar-refractivity contribution in [2.45, 2.75) is 19.3 Å². The number of carbonyl (C=O) groups is 1. The molecule has 2 aromatic carbocycles. The summed E-state index contributed by atoms with van der Waals surface area (Å²) in [5.41, 5.74) is 1.78. The van der Waals surface area contributed by atoms with E-state index < -0.39 is 0 Å². The minimum Gasteiger partial charge on any atom is -0.493 e. The molecule has 0 saturated heterocycles. The highest BCUT2D eigenvalue weighted by atomic mass is 16.5. The van der Waals surface area contributed by atoms with Gasteiger partial charge in [-0.25, -0.2) is 0 Å². The molecule has 3 rings (SSSR count). The normalized spacial score (nSPS) is 10.5. The molecule has 1 amide bonds. The summed E-state index contributed by atoms with van der Waals surface area (Å²) in [5, 5.41) is 6.90. The second-order valence-corrected chi connectivity index (χ2v) is 6.20. The van der Waals surface area contributed by atoms with E-state index >= 15 is 0 Å². The largest absolute Gasteiger partial charge is 0.493 e. The van der Waals surface area contributed by atoms with Gasteiger partial charge in [0, 0.05) is 18.5 Å². The smallest absolute Gasteiger partial charge is 0.227 e. The number of nitrogens with one attached hydrogen (secondary N) is 1. The lowest BCUT2D eigenvalue weighted by Crippen LogP contribution is -2.26. The highest BCUT2D eigenvalue weighted by Crippen LogP contribution is 2.27. The van der Waals surface area contributed by atoms with E-state index in [0.29, 0.717) is 42.6 Å². The number of methoxy groups -OCH3 is 2. The van der Waals surface area contributed by atoms with Gasteiger partial charge in [-0.3, -0.25) is 4.79 Å². The van der Waals surface area contributed by atoms with Gasteiger partial charge in [0.05, 0.1) is 20.6 Å². The van der Waals surface area contributed by atoms with E-state index in [1.54, 1.807) is 20.3 Å². The van der Waals surface area contributed by atoms with Crippen LogP contribution in [0.25, 0.3) is 11.4 Å². The number of hydrogen-bond donors (Lipinski definition) is 1. The predicted molar refractivity (Wildman–Crippen MR) is 104 cm³/mol. The van der Waals surface area contributed by atoms with E-state index in [1.807, 2.05) is 42.5 Å². The second kappa shape index (κ2) is 9.55. The summed E-state index contributed by atoms with van der Waals surface area (Å²) in [6.07, 6.45) is 1.60. The average Bonchev–Trinajstić information content (AvgIpc) is 3.21. The Morgan fingerprint density at radius 2 is 1.86 bits per heavy atom. The molecule has 0 radical (unpaired) electrons. The molecule has 0 spiro atoms. The lowest BCUT2D eigenvalue weighted by atomic mass is 10.1. The number of aryl methyl sites for hydroxylation is 1. The monoisotopic (exact) mass is 381 g/mol. The molecule has 1 aromatic heterocycles. The first kappa shape index (κ1) is 19.4. The maximum atomic E-state index is 12.1. The Morgan fingerprint density at radius 3 is 2.61 bits per heavy atom. The van der Waals surface area contributed by atoms with Crippen molar-refractivity contribution >= 4 is 5.91 Å². The molecule has 7 nitrogen and oxygen atoms in total. The van der Waals surface area contributed by atoms with Gasteiger partial charge in [-0.2, -0.15) is 4.98 Å². The molecule has 3 aromatic rings. The minimum atomic E-state index is -0.0530. The van der Waals surface area contributed by atoms with E-state index in [0.717, 1.165) is 11.1 Å². The van der Waals surface area contributed by atoms with Gasteiger partial charge in [-0.15, -0.1) is 0 Å². The van der Waals surface area contributed by atoms with Gasteiger partial charge in [0.1, 0.15) is 0 Å². The molecule has 0 aliphatic carbocycles.